The van der Waals surface area contributed by atoms with E-state index >= 15 is 0 Å². The van der Waals surface area contributed by atoms with Crippen LogP contribution in [-0.2, 0) is 12.8 Å². The van der Waals surface area contributed by atoms with Gasteiger partial charge in [0.05, 0.1) is 17.8 Å². The first-order valence-corrected chi connectivity index (χ1v) is 14.8. The third-order valence-corrected chi connectivity index (χ3v) is 9.06. The topological polar surface area (TPSA) is 210 Å². The van der Waals surface area contributed by atoms with Crippen LogP contribution in [0.3, 0.4) is 0 Å². The largest absolute Gasteiger partial charge is 0.507 e. The van der Waals surface area contributed by atoms with Crippen LogP contribution in [0.2, 0.25) is 0 Å². The summed E-state index contributed by atoms with van der Waals surface area (Å²) in [6.07, 6.45) is -4.67. The van der Waals surface area contributed by atoms with Gasteiger partial charge in [-0.25, -0.2) is 0 Å². The second-order valence-electron chi connectivity index (χ2n) is 12.1. The number of aliphatic hydroxyl groups is 2. The van der Waals surface area contributed by atoms with Gasteiger partial charge in [0.15, 0.2) is 23.0 Å². The SMILES string of the molecule is C[C@@H]1C[C@@H](c2c(O)cc(O)c3c2O[C@H](c2ccc(O)c(O)c2)[C@@H](O)C3)Oc2cc(O)c3c(c21)O[C@H](c1ccc(O)c(O)c1)[C@@H](O)C3. The summed E-state index contributed by atoms with van der Waals surface area (Å²) in [7, 11) is 0. The molecule has 46 heavy (non-hydrogen) atoms. The minimum Gasteiger partial charge on any atom is -0.507 e. The van der Waals surface area contributed by atoms with Crippen LogP contribution in [0.25, 0.3) is 0 Å². The number of ether oxygens (including phenoxy) is 3. The predicted octanol–water partition coefficient (Wildman–Crippen LogP) is 4.33. The maximum Gasteiger partial charge on any atom is 0.157 e. The Morgan fingerprint density at radius 3 is 1.57 bits per heavy atom. The molecule has 0 saturated carbocycles. The van der Waals surface area contributed by atoms with Gasteiger partial charge in [0.2, 0.25) is 0 Å². The Labute approximate surface area is 262 Å². The lowest BCUT2D eigenvalue weighted by Crippen LogP contribution is -2.32. The molecule has 12 heteroatoms. The van der Waals surface area contributed by atoms with Crippen molar-refractivity contribution in [2.45, 2.75) is 62.6 Å². The van der Waals surface area contributed by atoms with Gasteiger partial charge in [0, 0.05) is 41.7 Å². The van der Waals surface area contributed by atoms with E-state index in [0.29, 0.717) is 34.4 Å². The van der Waals surface area contributed by atoms with Crippen LogP contribution in [0, 0.1) is 0 Å². The number of aromatic hydroxyl groups is 7. The first-order valence-electron chi connectivity index (χ1n) is 14.8. The summed E-state index contributed by atoms with van der Waals surface area (Å²) < 4.78 is 18.9. The molecule has 7 rings (SSSR count). The summed E-state index contributed by atoms with van der Waals surface area (Å²) in [5.74, 6) is -1.78. The summed E-state index contributed by atoms with van der Waals surface area (Å²) in [5.41, 5.74) is 2.28. The van der Waals surface area contributed by atoms with E-state index < -0.39 is 36.3 Å². The molecule has 0 spiro atoms. The molecule has 0 fully saturated rings. The zero-order valence-corrected chi connectivity index (χ0v) is 24.5. The lowest BCUT2D eigenvalue weighted by molar-refractivity contribution is 0.0150. The van der Waals surface area contributed by atoms with Crippen LogP contribution in [0.1, 0.15) is 71.0 Å². The summed E-state index contributed by atoms with van der Waals surface area (Å²) in [4.78, 5) is 0. The van der Waals surface area contributed by atoms with Crippen molar-refractivity contribution in [3.05, 3.63) is 81.9 Å². The second kappa shape index (κ2) is 10.7. The molecule has 4 aromatic rings. The molecule has 0 saturated heterocycles. The number of aliphatic hydroxyl groups excluding tert-OH is 2. The molecule has 6 atom stereocenters. The smallest absolute Gasteiger partial charge is 0.157 e. The van der Waals surface area contributed by atoms with E-state index in [1.807, 2.05) is 6.92 Å². The highest BCUT2D eigenvalue weighted by Gasteiger charge is 2.42. The van der Waals surface area contributed by atoms with Gasteiger partial charge in [-0.2, -0.15) is 0 Å². The van der Waals surface area contributed by atoms with Gasteiger partial charge >= 0.3 is 0 Å². The molecule has 0 bridgehead atoms. The number of phenols is 7. The van der Waals surface area contributed by atoms with Gasteiger partial charge in [-0.15, -0.1) is 0 Å². The molecular weight excluding hydrogens is 600 g/mol. The Kier molecular flexibility index (Phi) is 6.87. The Balaban J connectivity index is 1.27. The Bertz CT molecular complexity index is 1870. The molecule has 3 heterocycles. The van der Waals surface area contributed by atoms with Crippen molar-refractivity contribution in [3.63, 3.8) is 0 Å². The van der Waals surface area contributed by atoms with Crippen LogP contribution in [-0.4, -0.2) is 58.2 Å². The van der Waals surface area contributed by atoms with Crippen molar-refractivity contribution < 1.29 is 60.2 Å². The molecule has 3 aliphatic rings. The molecule has 4 aromatic carbocycles. The second-order valence-corrected chi connectivity index (χ2v) is 12.1. The zero-order valence-electron chi connectivity index (χ0n) is 24.5. The normalized spacial score (nSPS) is 24.8. The van der Waals surface area contributed by atoms with Crippen molar-refractivity contribution in [3.8, 4) is 57.5 Å². The average molecular weight is 633 g/mol. The van der Waals surface area contributed by atoms with E-state index in [-0.39, 0.29) is 75.9 Å². The van der Waals surface area contributed by atoms with E-state index in [2.05, 4.69) is 0 Å². The van der Waals surface area contributed by atoms with E-state index in [9.17, 15) is 46.0 Å². The van der Waals surface area contributed by atoms with Crippen molar-refractivity contribution in [2.24, 2.45) is 0 Å². The van der Waals surface area contributed by atoms with Gasteiger partial charge in [0.25, 0.3) is 0 Å². The predicted molar refractivity (Wildman–Crippen MR) is 160 cm³/mol. The molecule has 9 N–H and O–H groups in total. The number of hydrogen-bond acceptors (Lipinski definition) is 12. The van der Waals surface area contributed by atoms with Crippen molar-refractivity contribution in [1.29, 1.82) is 0 Å². The molecule has 0 aromatic heterocycles. The molecule has 0 radical (unpaired) electrons. The Morgan fingerprint density at radius 2 is 1.04 bits per heavy atom. The van der Waals surface area contributed by atoms with Gasteiger partial charge in [-0.3, -0.25) is 0 Å². The summed E-state index contributed by atoms with van der Waals surface area (Å²) in [6.45, 7) is 1.91. The lowest BCUT2D eigenvalue weighted by Gasteiger charge is -2.39. The summed E-state index contributed by atoms with van der Waals surface area (Å²) in [5, 5.41) is 94.3. The zero-order chi connectivity index (χ0) is 32.6. The number of phenolic OH excluding ortho intramolecular Hbond substituents is 7. The highest BCUT2D eigenvalue weighted by atomic mass is 16.5. The lowest BCUT2D eigenvalue weighted by atomic mass is 9.83. The standard InChI is InChI=1S/C34H32O12/c1-13-6-27(30-24(41)11-20(37)16-9-25(42)32(46-34(16)30)15-3-5-19(36)23(40)8-15)44-28-12-21(38)17-10-26(43)31(45-33(17)29(13)28)14-2-4-18(35)22(39)7-14/h2-5,7-8,11-13,25-27,31-32,35-43H,6,9-10H2,1H3/t13-,25+,26+,27+,31-,32-/m1/s1. The summed E-state index contributed by atoms with van der Waals surface area (Å²) in [6, 6.07) is 10.7. The Hall–Kier alpha value is -5.20. The fourth-order valence-electron chi connectivity index (χ4n) is 6.78. The molecular formula is C34H32O12. The minimum absolute atomic E-state index is 0.0434. The summed E-state index contributed by atoms with van der Waals surface area (Å²) >= 11 is 0. The van der Waals surface area contributed by atoms with Crippen LogP contribution in [0.4, 0.5) is 0 Å². The minimum atomic E-state index is -1.13. The van der Waals surface area contributed by atoms with Crippen LogP contribution in [0.15, 0.2) is 48.5 Å². The first kappa shape index (κ1) is 29.5. The fraction of sp³-hybridized carbons (Fsp3) is 0.294. The third kappa shape index (κ3) is 4.68. The van der Waals surface area contributed by atoms with E-state index in [1.54, 1.807) is 0 Å². The van der Waals surface area contributed by atoms with Gasteiger partial charge < -0.3 is 60.2 Å². The fourth-order valence-corrected chi connectivity index (χ4v) is 6.78. The Morgan fingerprint density at radius 1 is 0.543 bits per heavy atom. The number of fused-ring (bicyclic) bond motifs is 4. The van der Waals surface area contributed by atoms with Crippen molar-refractivity contribution in [2.75, 3.05) is 0 Å². The van der Waals surface area contributed by atoms with Crippen LogP contribution in [0.5, 0.6) is 57.5 Å². The van der Waals surface area contributed by atoms with Gasteiger partial charge in [0.1, 0.15) is 52.8 Å². The molecule has 240 valence electrons. The molecule has 0 amide bonds. The first-order chi connectivity index (χ1) is 21.9. The number of benzene rings is 4. The van der Waals surface area contributed by atoms with Crippen LogP contribution >= 0.6 is 0 Å². The number of rotatable bonds is 3. The average Bonchev–Trinajstić information content (AvgIpc) is 3.00. The quantitative estimate of drug-likeness (QED) is 0.145. The molecule has 0 aliphatic carbocycles. The highest BCUT2D eigenvalue weighted by Crippen LogP contribution is 2.56. The third-order valence-electron chi connectivity index (χ3n) is 9.06. The molecule has 12 nitrogen and oxygen atoms in total. The number of hydrogen-bond donors (Lipinski definition) is 9. The molecule has 0 unspecified atom stereocenters. The van der Waals surface area contributed by atoms with E-state index in [4.69, 9.17) is 14.2 Å². The highest BCUT2D eigenvalue weighted by molar-refractivity contribution is 5.63. The van der Waals surface area contributed by atoms with Crippen molar-refractivity contribution in [1.82, 2.24) is 0 Å². The van der Waals surface area contributed by atoms with E-state index in [0.717, 1.165) is 6.07 Å². The molecule has 3 aliphatic heterocycles. The monoisotopic (exact) mass is 632 g/mol. The maximum atomic E-state index is 11.1. The van der Waals surface area contributed by atoms with Crippen LogP contribution < -0.4 is 14.2 Å². The maximum absolute atomic E-state index is 11.1. The van der Waals surface area contributed by atoms with Gasteiger partial charge in [-0.1, -0.05) is 19.1 Å². The van der Waals surface area contributed by atoms with Crippen molar-refractivity contribution >= 4 is 0 Å². The van der Waals surface area contributed by atoms with E-state index in [1.165, 1.54) is 42.5 Å². The van der Waals surface area contributed by atoms with Gasteiger partial charge in [-0.05, 0) is 47.7 Å².